The molecular weight excluding hydrogens is 252 g/mol. The van der Waals surface area contributed by atoms with Crippen LogP contribution in [0.4, 0.5) is 0 Å². The van der Waals surface area contributed by atoms with Gasteiger partial charge in [0.25, 0.3) is 0 Å². The molecule has 4 nitrogen and oxygen atoms in total. The predicted octanol–water partition coefficient (Wildman–Crippen LogP) is 2.91. The molecule has 0 unspecified atom stereocenters. The van der Waals surface area contributed by atoms with Gasteiger partial charge >= 0.3 is 0 Å². The molecule has 20 heavy (non-hydrogen) atoms. The second-order valence-electron chi connectivity index (χ2n) is 4.68. The van der Waals surface area contributed by atoms with Crippen molar-refractivity contribution in [2.75, 3.05) is 0 Å². The van der Waals surface area contributed by atoms with Crippen LogP contribution in [0.1, 0.15) is 11.1 Å². The van der Waals surface area contributed by atoms with Crippen LogP contribution in [0, 0.1) is 0 Å². The molecule has 0 aliphatic heterocycles. The number of hydrogen-bond acceptors (Lipinski definition) is 3. The van der Waals surface area contributed by atoms with Crippen LogP contribution in [0.5, 0.6) is 11.5 Å². The highest BCUT2D eigenvalue weighted by molar-refractivity contribution is 5.83. The molecule has 0 atom stereocenters. The highest BCUT2D eigenvalue weighted by Gasteiger charge is 2.05. The van der Waals surface area contributed by atoms with E-state index >= 15 is 0 Å². The minimum absolute atomic E-state index is 0.203. The average molecular weight is 268 g/mol. The Morgan fingerprint density at radius 2 is 2.05 bits per heavy atom. The number of rotatable bonds is 4. The number of nitrogens with two attached hydrogens (primary N) is 1. The van der Waals surface area contributed by atoms with Crippen molar-refractivity contribution in [3.63, 3.8) is 0 Å². The largest absolute Gasteiger partial charge is 0.508 e. The molecule has 1 heterocycles. The van der Waals surface area contributed by atoms with Gasteiger partial charge in [-0.05, 0) is 23.8 Å². The third-order valence-electron chi connectivity index (χ3n) is 3.28. The standard InChI is InChI=1S/C16H16N2O2/c17-8-11-4-5-15-12(9-18-16(15)6-11)10-20-14-3-1-2-13(19)7-14/h1-7,9,18-19H,8,10,17H2. The summed E-state index contributed by atoms with van der Waals surface area (Å²) in [6, 6.07) is 12.9. The lowest BCUT2D eigenvalue weighted by Crippen LogP contribution is -1.96. The number of ether oxygens (including phenoxy) is 1. The highest BCUT2D eigenvalue weighted by Crippen LogP contribution is 2.23. The summed E-state index contributed by atoms with van der Waals surface area (Å²) in [5, 5.41) is 10.5. The van der Waals surface area contributed by atoms with Gasteiger partial charge in [0.15, 0.2) is 0 Å². The summed E-state index contributed by atoms with van der Waals surface area (Å²) < 4.78 is 5.69. The lowest BCUT2D eigenvalue weighted by atomic mass is 10.1. The fourth-order valence-electron chi connectivity index (χ4n) is 2.21. The fraction of sp³-hybridized carbons (Fsp3) is 0.125. The summed E-state index contributed by atoms with van der Waals surface area (Å²) >= 11 is 0. The molecule has 0 radical (unpaired) electrons. The lowest BCUT2D eigenvalue weighted by molar-refractivity contribution is 0.306. The van der Waals surface area contributed by atoms with Gasteiger partial charge in [0.05, 0.1) is 0 Å². The molecule has 0 saturated heterocycles. The molecule has 102 valence electrons. The third kappa shape index (κ3) is 2.46. The molecule has 0 aliphatic carbocycles. The van der Waals surface area contributed by atoms with Crippen molar-refractivity contribution in [1.82, 2.24) is 4.98 Å². The van der Waals surface area contributed by atoms with E-state index in [-0.39, 0.29) is 5.75 Å². The van der Waals surface area contributed by atoms with Crippen LogP contribution in [-0.2, 0) is 13.2 Å². The van der Waals surface area contributed by atoms with Gasteiger partial charge < -0.3 is 20.6 Å². The van der Waals surface area contributed by atoms with Crippen molar-refractivity contribution < 1.29 is 9.84 Å². The Morgan fingerprint density at radius 3 is 2.85 bits per heavy atom. The molecule has 1 aromatic heterocycles. The van der Waals surface area contributed by atoms with Gasteiger partial charge in [-0.25, -0.2) is 0 Å². The number of phenolic OH excluding ortho intramolecular Hbond substituents is 1. The molecule has 0 fully saturated rings. The first-order valence-corrected chi connectivity index (χ1v) is 6.47. The summed E-state index contributed by atoms with van der Waals surface area (Å²) in [5.74, 6) is 0.854. The van der Waals surface area contributed by atoms with Crippen molar-refractivity contribution in [2.45, 2.75) is 13.2 Å². The zero-order valence-electron chi connectivity index (χ0n) is 11.0. The number of aromatic nitrogens is 1. The molecule has 3 aromatic rings. The fourth-order valence-corrected chi connectivity index (χ4v) is 2.21. The van der Waals surface area contributed by atoms with Crippen LogP contribution < -0.4 is 10.5 Å². The quantitative estimate of drug-likeness (QED) is 0.681. The van der Waals surface area contributed by atoms with E-state index in [2.05, 4.69) is 11.1 Å². The van der Waals surface area contributed by atoms with Gasteiger partial charge in [-0.15, -0.1) is 0 Å². The Kier molecular flexibility index (Phi) is 3.31. The van der Waals surface area contributed by atoms with E-state index in [1.807, 2.05) is 24.4 Å². The molecule has 0 saturated carbocycles. The predicted molar refractivity (Wildman–Crippen MR) is 78.6 cm³/mol. The van der Waals surface area contributed by atoms with E-state index < -0.39 is 0 Å². The first-order valence-electron chi connectivity index (χ1n) is 6.47. The molecule has 0 bridgehead atoms. The second-order valence-corrected chi connectivity index (χ2v) is 4.68. The maximum Gasteiger partial charge on any atom is 0.123 e. The number of H-pyrrole nitrogens is 1. The van der Waals surface area contributed by atoms with Crippen LogP contribution in [0.15, 0.2) is 48.7 Å². The van der Waals surface area contributed by atoms with Gasteiger partial charge in [-0.1, -0.05) is 18.2 Å². The van der Waals surface area contributed by atoms with Crippen LogP contribution in [0.2, 0.25) is 0 Å². The van der Waals surface area contributed by atoms with Gasteiger partial charge in [0.1, 0.15) is 18.1 Å². The van der Waals surface area contributed by atoms with Crippen LogP contribution in [0.3, 0.4) is 0 Å². The first-order chi connectivity index (χ1) is 9.76. The number of hydrogen-bond donors (Lipinski definition) is 3. The normalized spacial score (nSPS) is 10.8. The Bertz CT molecular complexity index is 734. The van der Waals surface area contributed by atoms with Crippen LogP contribution >= 0.6 is 0 Å². The van der Waals surface area contributed by atoms with E-state index in [0.717, 1.165) is 22.0 Å². The summed E-state index contributed by atoms with van der Waals surface area (Å²) in [6.07, 6.45) is 1.94. The Morgan fingerprint density at radius 1 is 1.15 bits per heavy atom. The van der Waals surface area contributed by atoms with Crippen molar-refractivity contribution in [2.24, 2.45) is 5.73 Å². The van der Waals surface area contributed by atoms with E-state index in [0.29, 0.717) is 18.9 Å². The Labute approximate surface area is 116 Å². The van der Waals surface area contributed by atoms with E-state index in [9.17, 15) is 5.11 Å². The molecule has 0 spiro atoms. The molecule has 2 aromatic carbocycles. The number of aromatic hydroxyl groups is 1. The van der Waals surface area contributed by atoms with Crippen molar-refractivity contribution in [3.05, 3.63) is 59.8 Å². The molecule has 0 aliphatic rings. The van der Waals surface area contributed by atoms with Gasteiger partial charge in [-0.2, -0.15) is 0 Å². The minimum Gasteiger partial charge on any atom is -0.508 e. The number of fused-ring (bicyclic) bond motifs is 1. The topological polar surface area (TPSA) is 71.3 Å². The number of aromatic amines is 1. The average Bonchev–Trinajstić information content (AvgIpc) is 2.87. The highest BCUT2D eigenvalue weighted by atomic mass is 16.5. The number of phenols is 1. The first kappa shape index (κ1) is 12.6. The van der Waals surface area contributed by atoms with Crippen LogP contribution in [-0.4, -0.2) is 10.1 Å². The van der Waals surface area contributed by atoms with Gasteiger partial charge in [0.2, 0.25) is 0 Å². The van der Waals surface area contributed by atoms with Gasteiger partial charge in [0, 0.05) is 35.3 Å². The molecular formula is C16H16N2O2. The molecule has 4 N–H and O–H groups in total. The minimum atomic E-state index is 0.203. The van der Waals surface area contributed by atoms with Crippen molar-refractivity contribution in [3.8, 4) is 11.5 Å². The number of nitrogens with one attached hydrogen (secondary N) is 1. The Balaban J connectivity index is 1.81. The third-order valence-corrected chi connectivity index (χ3v) is 3.28. The van der Waals surface area contributed by atoms with Gasteiger partial charge in [-0.3, -0.25) is 0 Å². The SMILES string of the molecule is NCc1ccc2c(COc3cccc(O)c3)c[nH]c2c1. The smallest absolute Gasteiger partial charge is 0.123 e. The molecule has 4 heteroatoms. The second kappa shape index (κ2) is 5.27. The monoisotopic (exact) mass is 268 g/mol. The van der Waals surface area contributed by atoms with E-state index in [1.165, 1.54) is 0 Å². The number of benzene rings is 2. The summed E-state index contributed by atoms with van der Waals surface area (Å²) in [5.41, 5.74) is 8.86. The summed E-state index contributed by atoms with van der Waals surface area (Å²) in [7, 11) is 0. The van der Waals surface area contributed by atoms with Crippen molar-refractivity contribution in [1.29, 1.82) is 0 Å². The van der Waals surface area contributed by atoms with E-state index in [1.54, 1.807) is 18.2 Å². The van der Waals surface area contributed by atoms with Crippen molar-refractivity contribution >= 4 is 10.9 Å². The molecule has 0 amide bonds. The summed E-state index contributed by atoms with van der Waals surface area (Å²) in [6.45, 7) is 0.982. The summed E-state index contributed by atoms with van der Waals surface area (Å²) in [4.78, 5) is 3.23. The molecule has 3 rings (SSSR count). The Hall–Kier alpha value is -2.46. The van der Waals surface area contributed by atoms with E-state index in [4.69, 9.17) is 10.5 Å². The zero-order chi connectivity index (χ0) is 13.9. The maximum absolute atomic E-state index is 9.40. The van der Waals surface area contributed by atoms with Crippen LogP contribution in [0.25, 0.3) is 10.9 Å². The zero-order valence-corrected chi connectivity index (χ0v) is 11.0. The maximum atomic E-state index is 9.40. The lowest BCUT2D eigenvalue weighted by Gasteiger charge is -2.06.